The van der Waals surface area contributed by atoms with Gasteiger partial charge in [-0.2, -0.15) is 4.98 Å². The molecule has 0 atom stereocenters. The molecule has 0 fully saturated rings. The molecule has 5 nitrogen and oxygen atoms in total. The first-order valence-electron chi connectivity index (χ1n) is 5.34. The van der Waals surface area contributed by atoms with Gasteiger partial charge in [0.15, 0.2) is 10.6 Å². The van der Waals surface area contributed by atoms with Crippen molar-refractivity contribution in [3.05, 3.63) is 27.9 Å². The molecule has 0 radical (unpaired) electrons. The van der Waals surface area contributed by atoms with Crippen LogP contribution in [0.15, 0.2) is 4.52 Å². The number of aromatic amines is 1. The van der Waals surface area contributed by atoms with E-state index in [9.17, 15) is 0 Å². The van der Waals surface area contributed by atoms with Crippen molar-refractivity contribution in [2.45, 2.75) is 32.7 Å². The van der Waals surface area contributed by atoms with Gasteiger partial charge in [-0.25, -0.2) is 0 Å². The van der Waals surface area contributed by atoms with Crippen molar-refractivity contribution >= 4 is 12.2 Å². The summed E-state index contributed by atoms with van der Waals surface area (Å²) in [5, 5.41) is 3.78. The number of imidazole rings is 1. The third-order valence-corrected chi connectivity index (χ3v) is 3.19. The molecule has 0 amide bonds. The maximum Gasteiger partial charge on any atom is 0.232 e. The first-order chi connectivity index (χ1) is 7.74. The number of hydrogen-bond acceptors (Lipinski definition) is 4. The van der Waals surface area contributed by atoms with Crippen molar-refractivity contribution in [3.8, 4) is 0 Å². The van der Waals surface area contributed by atoms with Crippen LogP contribution in [0.5, 0.6) is 0 Å². The van der Waals surface area contributed by atoms with Crippen LogP contribution in [-0.4, -0.2) is 19.7 Å². The lowest BCUT2D eigenvalue weighted by atomic mass is 10.2. The molecular weight excluding hydrogens is 224 g/mol. The second kappa shape index (κ2) is 3.55. The highest BCUT2D eigenvalue weighted by Gasteiger charge is 2.18. The zero-order valence-electron chi connectivity index (χ0n) is 8.99. The number of nitrogens with one attached hydrogen (secondary N) is 1. The summed E-state index contributed by atoms with van der Waals surface area (Å²) in [6.07, 6.45) is 2.89. The molecule has 3 heterocycles. The van der Waals surface area contributed by atoms with E-state index in [1.54, 1.807) is 0 Å². The molecule has 6 heteroatoms. The van der Waals surface area contributed by atoms with Crippen molar-refractivity contribution in [1.29, 1.82) is 0 Å². The lowest BCUT2D eigenvalue weighted by Crippen LogP contribution is -1.95. The fraction of sp³-hybridized carbons (Fsp3) is 0.500. The molecule has 16 heavy (non-hydrogen) atoms. The number of H-pyrrole nitrogens is 1. The summed E-state index contributed by atoms with van der Waals surface area (Å²) >= 11 is 5.26. The van der Waals surface area contributed by atoms with Crippen LogP contribution >= 0.6 is 12.2 Å². The summed E-state index contributed by atoms with van der Waals surface area (Å²) in [5.41, 5.74) is 2.41. The molecule has 1 aliphatic rings. The van der Waals surface area contributed by atoms with E-state index in [0.717, 1.165) is 23.4 Å². The molecule has 1 N–H and O–H groups in total. The van der Waals surface area contributed by atoms with Gasteiger partial charge >= 0.3 is 0 Å². The standard InChI is InChI=1S/C10H12N4OS/c1-6-11-9(15-13-6)5-7-8-3-2-4-14(8)10(16)12-7/h2-5H2,1H3,(H,12,16). The number of nitrogens with zero attached hydrogens (tertiary/aromatic N) is 3. The Balaban J connectivity index is 1.96. The Morgan fingerprint density at radius 3 is 3.19 bits per heavy atom. The Morgan fingerprint density at radius 2 is 2.44 bits per heavy atom. The fourth-order valence-electron chi connectivity index (χ4n) is 2.19. The monoisotopic (exact) mass is 236 g/mol. The Kier molecular flexibility index (Phi) is 2.17. The van der Waals surface area contributed by atoms with E-state index in [-0.39, 0.29) is 0 Å². The maximum absolute atomic E-state index is 5.26. The van der Waals surface area contributed by atoms with Crippen LogP contribution in [0.4, 0.5) is 0 Å². The van der Waals surface area contributed by atoms with Crippen molar-refractivity contribution < 1.29 is 4.52 Å². The van der Waals surface area contributed by atoms with Crippen molar-refractivity contribution in [2.24, 2.45) is 0 Å². The third-order valence-electron chi connectivity index (χ3n) is 2.87. The van der Waals surface area contributed by atoms with Crippen LogP contribution in [0.1, 0.15) is 29.5 Å². The Hall–Kier alpha value is -1.43. The van der Waals surface area contributed by atoms with Gasteiger partial charge in [0.1, 0.15) is 0 Å². The second-order valence-electron chi connectivity index (χ2n) is 4.02. The lowest BCUT2D eigenvalue weighted by Gasteiger charge is -1.96. The molecule has 2 aromatic rings. The average molecular weight is 236 g/mol. The quantitative estimate of drug-likeness (QED) is 0.807. The fourth-order valence-corrected chi connectivity index (χ4v) is 2.52. The third kappa shape index (κ3) is 1.49. The van der Waals surface area contributed by atoms with Crippen molar-refractivity contribution in [3.63, 3.8) is 0 Å². The highest BCUT2D eigenvalue weighted by atomic mass is 32.1. The number of fused-ring (bicyclic) bond motifs is 1. The molecule has 2 aromatic heterocycles. The number of rotatable bonds is 2. The number of aryl methyl sites for hydroxylation is 1. The van der Waals surface area contributed by atoms with Gasteiger partial charge in [-0.1, -0.05) is 5.16 Å². The first-order valence-corrected chi connectivity index (χ1v) is 5.74. The topological polar surface area (TPSA) is 59.6 Å². The van der Waals surface area contributed by atoms with Gasteiger partial charge in [-0.15, -0.1) is 0 Å². The summed E-state index contributed by atoms with van der Waals surface area (Å²) in [6.45, 7) is 2.84. The summed E-state index contributed by atoms with van der Waals surface area (Å²) in [6, 6.07) is 0. The molecule has 0 aliphatic carbocycles. The van der Waals surface area contributed by atoms with E-state index in [1.165, 1.54) is 12.1 Å². The molecule has 1 aliphatic heterocycles. The lowest BCUT2D eigenvalue weighted by molar-refractivity contribution is 0.380. The Labute approximate surface area is 97.5 Å². The van der Waals surface area contributed by atoms with Crippen LogP contribution in [0.3, 0.4) is 0 Å². The second-order valence-corrected chi connectivity index (χ2v) is 4.41. The van der Waals surface area contributed by atoms with Gasteiger partial charge in [0.2, 0.25) is 5.89 Å². The SMILES string of the molecule is Cc1noc(Cc2[nH]c(=S)n3c2CCC3)n1. The smallest absolute Gasteiger partial charge is 0.232 e. The van der Waals surface area contributed by atoms with E-state index >= 15 is 0 Å². The molecule has 0 aromatic carbocycles. The van der Waals surface area contributed by atoms with Gasteiger partial charge in [0.05, 0.1) is 6.42 Å². The van der Waals surface area contributed by atoms with E-state index in [0.29, 0.717) is 18.1 Å². The molecule has 0 unspecified atom stereocenters. The predicted octanol–water partition coefficient (Wildman–Crippen LogP) is 1.77. The van der Waals surface area contributed by atoms with Gasteiger partial charge < -0.3 is 14.1 Å². The summed E-state index contributed by atoms with van der Waals surface area (Å²) in [4.78, 5) is 7.42. The number of hydrogen-bond donors (Lipinski definition) is 1. The minimum Gasteiger partial charge on any atom is -0.339 e. The molecule has 3 rings (SSSR count). The highest BCUT2D eigenvalue weighted by molar-refractivity contribution is 7.71. The summed E-state index contributed by atoms with van der Waals surface area (Å²) in [5.74, 6) is 1.31. The van der Waals surface area contributed by atoms with Crippen LogP contribution < -0.4 is 0 Å². The van der Waals surface area contributed by atoms with Crippen LogP contribution in [-0.2, 0) is 19.4 Å². The Morgan fingerprint density at radius 1 is 1.56 bits per heavy atom. The zero-order chi connectivity index (χ0) is 11.1. The molecule has 0 spiro atoms. The molecular formula is C10H12N4OS. The van der Waals surface area contributed by atoms with Crippen LogP contribution in [0.2, 0.25) is 0 Å². The van der Waals surface area contributed by atoms with Crippen molar-refractivity contribution in [2.75, 3.05) is 0 Å². The zero-order valence-corrected chi connectivity index (χ0v) is 9.80. The van der Waals surface area contributed by atoms with Crippen LogP contribution in [0.25, 0.3) is 0 Å². The Bertz CT molecular complexity index is 580. The number of aromatic nitrogens is 4. The highest BCUT2D eigenvalue weighted by Crippen LogP contribution is 2.21. The minimum absolute atomic E-state index is 0.643. The first kappa shape index (κ1) is 9.77. The van der Waals surface area contributed by atoms with E-state index in [1.807, 2.05) is 6.92 Å². The molecule has 0 bridgehead atoms. The largest absolute Gasteiger partial charge is 0.339 e. The van der Waals surface area contributed by atoms with Gasteiger partial charge in [0.25, 0.3) is 0 Å². The normalized spacial score (nSPS) is 14.3. The molecule has 0 saturated carbocycles. The maximum atomic E-state index is 5.26. The molecule has 0 saturated heterocycles. The average Bonchev–Trinajstić information content (AvgIpc) is 2.89. The van der Waals surface area contributed by atoms with Crippen molar-refractivity contribution in [1.82, 2.24) is 19.7 Å². The van der Waals surface area contributed by atoms with E-state index in [4.69, 9.17) is 16.7 Å². The predicted molar refractivity (Wildman–Crippen MR) is 59.8 cm³/mol. The minimum atomic E-state index is 0.643. The summed E-state index contributed by atoms with van der Waals surface area (Å²) in [7, 11) is 0. The molecule has 84 valence electrons. The summed E-state index contributed by atoms with van der Waals surface area (Å²) < 4.78 is 8.08. The van der Waals surface area contributed by atoms with E-state index < -0.39 is 0 Å². The van der Waals surface area contributed by atoms with Crippen LogP contribution in [0, 0.1) is 11.7 Å². The van der Waals surface area contributed by atoms with Gasteiger partial charge in [-0.05, 0) is 32.0 Å². The van der Waals surface area contributed by atoms with Gasteiger partial charge in [0, 0.05) is 17.9 Å². The van der Waals surface area contributed by atoms with Gasteiger partial charge in [-0.3, -0.25) is 0 Å². The van der Waals surface area contributed by atoms with E-state index in [2.05, 4.69) is 19.7 Å².